The zero-order valence-corrected chi connectivity index (χ0v) is 13.1. The van der Waals surface area contributed by atoms with E-state index in [4.69, 9.17) is 39.4 Å². The molecule has 21 heavy (non-hydrogen) atoms. The number of hydrogen-bond donors (Lipinski definition) is 2. The zero-order chi connectivity index (χ0) is 15.8. The molecule has 1 amide bonds. The van der Waals surface area contributed by atoms with E-state index in [1.807, 2.05) is 0 Å². The molecule has 0 spiro atoms. The number of anilines is 1. The number of carbonyl (C=O) groups is 1. The number of nitrogens with two attached hydrogens (primary N) is 2. The van der Waals surface area contributed by atoms with Crippen LogP contribution in [-0.2, 0) is 19.6 Å². The summed E-state index contributed by atoms with van der Waals surface area (Å²) >= 11 is 11.7. The molecule has 0 radical (unpaired) electrons. The molecule has 7 nitrogen and oxygen atoms in total. The maximum absolute atomic E-state index is 12.7. The Morgan fingerprint density at radius 1 is 1.38 bits per heavy atom. The van der Waals surface area contributed by atoms with Crippen molar-refractivity contribution in [2.45, 2.75) is 10.9 Å². The molecule has 116 valence electrons. The molecule has 1 aliphatic heterocycles. The summed E-state index contributed by atoms with van der Waals surface area (Å²) in [6.07, 6.45) is 0. The van der Waals surface area contributed by atoms with E-state index in [0.29, 0.717) is 0 Å². The largest absolute Gasteiger partial charge is 0.398 e. The van der Waals surface area contributed by atoms with Gasteiger partial charge in [0.15, 0.2) is 0 Å². The van der Waals surface area contributed by atoms with Crippen molar-refractivity contribution in [2.75, 3.05) is 25.5 Å². The molecule has 2 rings (SSSR count). The van der Waals surface area contributed by atoms with Crippen LogP contribution in [0.15, 0.2) is 17.0 Å². The van der Waals surface area contributed by atoms with Crippen molar-refractivity contribution < 1.29 is 17.9 Å². The molecule has 0 saturated carbocycles. The second-order valence-electron chi connectivity index (χ2n) is 4.41. The molecule has 1 fully saturated rings. The van der Waals surface area contributed by atoms with E-state index in [1.54, 1.807) is 0 Å². The van der Waals surface area contributed by atoms with E-state index >= 15 is 0 Å². The Morgan fingerprint density at radius 2 is 2.05 bits per heavy atom. The first-order valence-corrected chi connectivity index (χ1v) is 8.08. The van der Waals surface area contributed by atoms with E-state index in [-0.39, 0.29) is 40.4 Å². The summed E-state index contributed by atoms with van der Waals surface area (Å²) in [7, 11) is -4.10. The van der Waals surface area contributed by atoms with Crippen molar-refractivity contribution >= 4 is 44.8 Å². The quantitative estimate of drug-likeness (QED) is 0.765. The van der Waals surface area contributed by atoms with Crippen LogP contribution in [0.4, 0.5) is 5.69 Å². The van der Waals surface area contributed by atoms with E-state index in [2.05, 4.69) is 0 Å². The van der Waals surface area contributed by atoms with Crippen molar-refractivity contribution in [3.63, 3.8) is 0 Å². The lowest BCUT2D eigenvalue weighted by molar-refractivity contribution is -0.125. The predicted octanol–water partition coefficient (Wildman–Crippen LogP) is 0.450. The number of amides is 1. The number of morpholine rings is 1. The Kier molecular flexibility index (Phi) is 4.64. The third-order valence-electron chi connectivity index (χ3n) is 3.01. The van der Waals surface area contributed by atoms with Gasteiger partial charge < -0.3 is 16.2 Å². The number of nitrogens with zero attached hydrogens (tertiary/aromatic N) is 1. The van der Waals surface area contributed by atoms with Crippen LogP contribution < -0.4 is 11.5 Å². The highest BCUT2D eigenvalue weighted by Crippen LogP contribution is 2.34. The van der Waals surface area contributed by atoms with Crippen molar-refractivity contribution in [3.05, 3.63) is 22.2 Å². The second-order valence-corrected chi connectivity index (χ2v) is 7.09. The topological polar surface area (TPSA) is 116 Å². The molecule has 1 atom stereocenters. The summed E-state index contributed by atoms with van der Waals surface area (Å²) < 4.78 is 31.5. The van der Waals surface area contributed by atoms with Gasteiger partial charge in [-0.05, 0) is 12.1 Å². The summed E-state index contributed by atoms with van der Waals surface area (Å²) in [6.45, 7) is 0.0160. The number of hydrogen-bond acceptors (Lipinski definition) is 5. The molecule has 1 aromatic rings. The lowest BCUT2D eigenvalue weighted by atomic mass is 10.3. The normalized spacial score (nSPS) is 20.4. The number of nitrogen functional groups attached to an aromatic ring is 1. The lowest BCUT2D eigenvalue weighted by Gasteiger charge is -2.32. The van der Waals surface area contributed by atoms with Crippen LogP contribution in [-0.4, -0.2) is 44.4 Å². The van der Waals surface area contributed by atoms with Crippen LogP contribution in [0.3, 0.4) is 0 Å². The Morgan fingerprint density at radius 3 is 2.62 bits per heavy atom. The number of ether oxygens (including phenoxy) is 1. The first-order valence-electron chi connectivity index (χ1n) is 5.88. The van der Waals surface area contributed by atoms with Crippen molar-refractivity contribution in [1.82, 2.24) is 4.31 Å². The van der Waals surface area contributed by atoms with E-state index in [1.165, 1.54) is 12.1 Å². The number of sulfonamides is 1. The van der Waals surface area contributed by atoms with E-state index in [0.717, 1.165) is 4.31 Å². The highest BCUT2D eigenvalue weighted by atomic mass is 35.5. The molecule has 1 saturated heterocycles. The molecule has 0 aliphatic carbocycles. The minimum Gasteiger partial charge on any atom is -0.398 e. The molecular formula is C11H13Cl2N3O4S. The zero-order valence-electron chi connectivity index (χ0n) is 10.8. The van der Waals surface area contributed by atoms with Crippen molar-refractivity contribution in [2.24, 2.45) is 5.73 Å². The minimum absolute atomic E-state index is 0.0195. The van der Waals surface area contributed by atoms with E-state index in [9.17, 15) is 13.2 Å². The molecule has 4 N–H and O–H groups in total. The van der Waals surface area contributed by atoms with Gasteiger partial charge in [-0.25, -0.2) is 8.42 Å². The van der Waals surface area contributed by atoms with Gasteiger partial charge in [-0.3, -0.25) is 4.79 Å². The van der Waals surface area contributed by atoms with Crippen molar-refractivity contribution in [3.8, 4) is 0 Å². The van der Waals surface area contributed by atoms with Crippen LogP contribution in [0, 0.1) is 0 Å². The third-order valence-corrected chi connectivity index (χ3v) is 5.67. The van der Waals surface area contributed by atoms with Crippen LogP contribution >= 0.6 is 23.2 Å². The molecular weight excluding hydrogens is 341 g/mol. The summed E-state index contributed by atoms with van der Waals surface area (Å²) in [5, 5.41) is 0.0968. The smallest absolute Gasteiger partial charge is 0.247 e. The second kappa shape index (κ2) is 5.98. The summed E-state index contributed by atoms with van der Waals surface area (Å²) in [5.41, 5.74) is 10.8. The first-order chi connectivity index (χ1) is 9.75. The van der Waals surface area contributed by atoms with Crippen LogP contribution in [0.2, 0.25) is 10.0 Å². The molecule has 0 bridgehead atoms. The maximum atomic E-state index is 12.7. The van der Waals surface area contributed by atoms with E-state index < -0.39 is 22.0 Å². The third kappa shape index (κ3) is 3.09. The number of benzene rings is 1. The Bertz CT molecular complexity index is 657. The van der Waals surface area contributed by atoms with Gasteiger partial charge in [0, 0.05) is 11.6 Å². The highest BCUT2D eigenvalue weighted by Gasteiger charge is 2.39. The highest BCUT2D eigenvalue weighted by molar-refractivity contribution is 7.89. The van der Waals surface area contributed by atoms with Gasteiger partial charge in [-0.2, -0.15) is 4.31 Å². The maximum Gasteiger partial charge on any atom is 0.247 e. The fraction of sp³-hybridized carbons (Fsp3) is 0.364. The Labute approximate surface area is 131 Å². The molecule has 10 heteroatoms. The average molecular weight is 354 g/mol. The number of carbonyl (C=O) groups excluding carboxylic acids is 1. The molecule has 0 aromatic heterocycles. The van der Waals surface area contributed by atoms with Gasteiger partial charge in [-0.1, -0.05) is 23.2 Å². The predicted molar refractivity (Wildman–Crippen MR) is 78.6 cm³/mol. The standard InChI is InChI=1S/C11H13Cl2N3O4S/c12-6-3-7(13)10(8(14)4-6)21(18,19)16-1-2-20-5-9(16)11(15)17/h3-4,9H,1-2,5,14H2,(H2,15,17). The van der Waals surface area contributed by atoms with Gasteiger partial charge in [0.2, 0.25) is 15.9 Å². The van der Waals surface area contributed by atoms with Crippen molar-refractivity contribution in [1.29, 1.82) is 0 Å². The minimum atomic E-state index is -4.10. The fourth-order valence-electron chi connectivity index (χ4n) is 2.07. The number of rotatable bonds is 3. The summed E-state index contributed by atoms with van der Waals surface area (Å²) in [6, 6.07) is 1.45. The van der Waals surface area contributed by atoms with Crippen LogP contribution in [0.1, 0.15) is 0 Å². The fourth-order valence-corrected chi connectivity index (χ4v) is 4.58. The molecule has 1 aromatic carbocycles. The van der Waals surface area contributed by atoms with Gasteiger partial charge in [0.1, 0.15) is 10.9 Å². The SMILES string of the molecule is NC(=O)C1COCCN1S(=O)(=O)c1c(N)cc(Cl)cc1Cl. The van der Waals surface area contributed by atoms with Gasteiger partial charge in [0.25, 0.3) is 0 Å². The van der Waals surface area contributed by atoms with Crippen LogP contribution in [0.5, 0.6) is 0 Å². The van der Waals surface area contributed by atoms with Crippen LogP contribution in [0.25, 0.3) is 0 Å². The lowest BCUT2D eigenvalue weighted by Crippen LogP contribution is -2.54. The first kappa shape index (κ1) is 16.3. The number of primary amides is 1. The Balaban J connectivity index is 2.53. The molecule has 1 aliphatic rings. The molecule has 1 unspecified atom stereocenters. The summed E-state index contributed by atoms with van der Waals surface area (Å²) in [5.74, 6) is -0.804. The molecule has 1 heterocycles. The number of halogens is 2. The Hall–Kier alpha value is -1.06. The van der Waals surface area contributed by atoms with Gasteiger partial charge in [0.05, 0.1) is 23.9 Å². The van der Waals surface area contributed by atoms with Gasteiger partial charge in [-0.15, -0.1) is 0 Å². The monoisotopic (exact) mass is 353 g/mol. The average Bonchev–Trinajstić information content (AvgIpc) is 2.37. The van der Waals surface area contributed by atoms with Gasteiger partial charge >= 0.3 is 0 Å². The summed E-state index contributed by atoms with van der Waals surface area (Å²) in [4.78, 5) is 11.1.